The molecule has 1 aromatic heterocycles. The maximum absolute atomic E-state index is 13.5. The van der Waals surface area contributed by atoms with Crippen LogP contribution < -0.4 is 0 Å². The molecule has 0 saturated heterocycles. The van der Waals surface area contributed by atoms with Crippen LogP contribution in [0.1, 0.15) is 22.9 Å². The van der Waals surface area contributed by atoms with Crippen molar-refractivity contribution in [3.8, 4) is 0 Å². The fourth-order valence-corrected chi connectivity index (χ4v) is 2.92. The van der Waals surface area contributed by atoms with Gasteiger partial charge in [0.25, 0.3) is 0 Å². The molecule has 2 nitrogen and oxygen atoms in total. The third-order valence-electron chi connectivity index (χ3n) is 2.71. The van der Waals surface area contributed by atoms with Gasteiger partial charge in [0.1, 0.15) is 11.9 Å². The van der Waals surface area contributed by atoms with E-state index in [1.807, 2.05) is 0 Å². The molecule has 1 N–H and O–H groups in total. The summed E-state index contributed by atoms with van der Waals surface area (Å²) in [6, 6.07) is 3.89. The molecule has 8 heteroatoms. The van der Waals surface area contributed by atoms with Crippen molar-refractivity contribution in [1.29, 1.82) is 0 Å². The third kappa shape index (κ3) is 3.61. The van der Waals surface area contributed by atoms with Gasteiger partial charge in [-0.25, -0.2) is 4.39 Å². The molecule has 2 rings (SSSR count). The number of hydrogen-bond acceptors (Lipinski definition) is 2. The van der Waals surface area contributed by atoms with Crippen LogP contribution in [0, 0.1) is 5.82 Å². The SMILES string of the molecule is OC(c1ccc(C(F)(F)F)c(F)c1)c1ncc(Br)cc1Br. The van der Waals surface area contributed by atoms with E-state index in [4.69, 9.17) is 0 Å². The van der Waals surface area contributed by atoms with Crippen LogP contribution in [0.25, 0.3) is 0 Å². The summed E-state index contributed by atoms with van der Waals surface area (Å²) in [5, 5.41) is 10.1. The molecular formula is C13H7Br2F4NO. The molecule has 1 aromatic carbocycles. The molecule has 1 atom stereocenters. The molecule has 0 fully saturated rings. The van der Waals surface area contributed by atoms with Crippen molar-refractivity contribution in [3.05, 3.63) is 62.0 Å². The van der Waals surface area contributed by atoms with Crippen LogP contribution in [0.2, 0.25) is 0 Å². The Kier molecular flexibility index (Phi) is 4.69. The van der Waals surface area contributed by atoms with Crippen molar-refractivity contribution in [2.75, 3.05) is 0 Å². The minimum atomic E-state index is -4.77. The first-order chi connectivity index (χ1) is 9.70. The smallest absolute Gasteiger partial charge is 0.382 e. The van der Waals surface area contributed by atoms with Gasteiger partial charge in [-0.1, -0.05) is 6.07 Å². The third-order valence-corrected chi connectivity index (χ3v) is 3.78. The quantitative estimate of drug-likeness (QED) is 0.694. The van der Waals surface area contributed by atoms with E-state index in [1.165, 1.54) is 6.20 Å². The number of aliphatic hydroxyl groups is 1. The van der Waals surface area contributed by atoms with E-state index in [0.29, 0.717) is 21.1 Å². The Morgan fingerprint density at radius 3 is 2.33 bits per heavy atom. The van der Waals surface area contributed by atoms with E-state index in [0.717, 1.165) is 6.07 Å². The number of halogens is 6. The van der Waals surface area contributed by atoms with Crippen molar-refractivity contribution in [1.82, 2.24) is 4.98 Å². The van der Waals surface area contributed by atoms with Gasteiger partial charge in [0.2, 0.25) is 0 Å². The van der Waals surface area contributed by atoms with E-state index in [9.17, 15) is 22.7 Å². The molecule has 0 radical (unpaired) electrons. The summed E-state index contributed by atoms with van der Waals surface area (Å²) in [4.78, 5) is 3.97. The topological polar surface area (TPSA) is 33.1 Å². The Balaban J connectivity index is 2.40. The molecular weight excluding hydrogens is 422 g/mol. The number of alkyl halides is 3. The van der Waals surface area contributed by atoms with Crippen LogP contribution in [0.3, 0.4) is 0 Å². The highest BCUT2D eigenvalue weighted by atomic mass is 79.9. The fraction of sp³-hybridized carbons (Fsp3) is 0.154. The largest absolute Gasteiger partial charge is 0.419 e. The summed E-state index contributed by atoms with van der Waals surface area (Å²) >= 11 is 6.37. The second-order valence-corrected chi connectivity index (χ2v) is 5.93. The van der Waals surface area contributed by atoms with Gasteiger partial charge >= 0.3 is 6.18 Å². The zero-order valence-corrected chi connectivity index (χ0v) is 13.3. The first-order valence-electron chi connectivity index (χ1n) is 5.56. The Morgan fingerprint density at radius 1 is 1.14 bits per heavy atom. The van der Waals surface area contributed by atoms with Crippen molar-refractivity contribution >= 4 is 31.9 Å². The van der Waals surface area contributed by atoms with Gasteiger partial charge in [-0.05, 0) is 55.6 Å². The van der Waals surface area contributed by atoms with E-state index < -0.39 is 23.7 Å². The van der Waals surface area contributed by atoms with Crippen LogP contribution in [-0.2, 0) is 6.18 Å². The van der Waals surface area contributed by atoms with E-state index in [-0.39, 0.29) is 11.3 Å². The normalized spacial score (nSPS) is 13.3. The van der Waals surface area contributed by atoms with E-state index >= 15 is 0 Å². The predicted octanol–water partition coefficient (Wildman–Crippen LogP) is 4.85. The van der Waals surface area contributed by atoms with Crippen molar-refractivity contribution in [2.24, 2.45) is 0 Å². The highest BCUT2D eigenvalue weighted by Gasteiger charge is 2.34. The summed E-state index contributed by atoms with van der Waals surface area (Å²) in [6.45, 7) is 0. The minimum absolute atomic E-state index is 0.0176. The standard InChI is InChI=1S/C13H7Br2F4NO/c14-7-4-9(15)11(20-5-7)12(21)6-1-2-8(10(16)3-6)13(17,18)19/h1-5,12,21H. The molecule has 0 aliphatic rings. The molecule has 0 bridgehead atoms. The molecule has 1 unspecified atom stereocenters. The molecule has 0 aliphatic heterocycles. The summed E-state index contributed by atoms with van der Waals surface area (Å²) in [5.41, 5.74) is -1.21. The molecule has 2 aromatic rings. The van der Waals surface area contributed by atoms with Gasteiger partial charge in [-0.15, -0.1) is 0 Å². The summed E-state index contributed by atoms with van der Waals surface area (Å²) in [6.07, 6.45) is -4.70. The van der Waals surface area contributed by atoms with Crippen LogP contribution in [-0.4, -0.2) is 10.1 Å². The maximum Gasteiger partial charge on any atom is 0.419 e. The van der Waals surface area contributed by atoms with Gasteiger partial charge in [0, 0.05) is 15.1 Å². The lowest BCUT2D eigenvalue weighted by Gasteiger charge is -2.14. The Bertz CT molecular complexity index is 676. The lowest BCUT2D eigenvalue weighted by atomic mass is 10.0. The van der Waals surface area contributed by atoms with Gasteiger partial charge in [-0.2, -0.15) is 13.2 Å². The van der Waals surface area contributed by atoms with Crippen LogP contribution >= 0.6 is 31.9 Å². The van der Waals surface area contributed by atoms with Gasteiger partial charge in [0.05, 0.1) is 11.3 Å². The van der Waals surface area contributed by atoms with Crippen molar-refractivity contribution in [2.45, 2.75) is 12.3 Å². The van der Waals surface area contributed by atoms with E-state index in [2.05, 4.69) is 36.8 Å². The van der Waals surface area contributed by atoms with Crippen LogP contribution in [0.15, 0.2) is 39.4 Å². The van der Waals surface area contributed by atoms with E-state index in [1.54, 1.807) is 6.07 Å². The maximum atomic E-state index is 13.5. The monoisotopic (exact) mass is 427 g/mol. The first kappa shape index (κ1) is 16.4. The molecule has 1 heterocycles. The fourth-order valence-electron chi connectivity index (χ4n) is 1.72. The average molecular weight is 429 g/mol. The summed E-state index contributed by atoms with van der Waals surface area (Å²) < 4.78 is 52.1. The summed E-state index contributed by atoms with van der Waals surface area (Å²) in [7, 11) is 0. The Morgan fingerprint density at radius 2 is 1.81 bits per heavy atom. The number of rotatable bonds is 2. The molecule has 0 aliphatic carbocycles. The van der Waals surface area contributed by atoms with Crippen LogP contribution in [0.5, 0.6) is 0 Å². The number of nitrogens with zero attached hydrogens (tertiary/aromatic N) is 1. The average Bonchev–Trinajstić information content (AvgIpc) is 2.36. The molecule has 0 amide bonds. The van der Waals surface area contributed by atoms with Gasteiger partial charge in [-0.3, -0.25) is 4.98 Å². The number of aliphatic hydroxyl groups excluding tert-OH is 1. The predicted molar refractivity (Wildman–Crippen MR) is 75.1 cm³/mol. The number of benzene rings is 1. The molecule has 112 valence electrons. The van der Waals surface area contributed by atoms with Crippen LogP contribution in [0.4, 0.5) is 17.6 Å². The second-order valence-electron chi connectivity index (χ2n) is 4.16. The van der Waals surface area contributed by atoms with Crippen molar-refractivity contribution in [3.63, 3.8) is 0 Å². The molecule has 21 heavy (non-hydrogen) atoms. The molecule has 0 saturated carbocycles. The Labute approximate surface area is 134 Å². The van der Waals surface area contributed by atoms with Gasteiger partial charge < -0.3 is 5.11 Å². The highest BCUT2D eigenvalue weighted by molar-refractivity contribution is 9.11. The Hall–Kier alpha value is -0.990. The minimum Gasteiger partial charge on any atom is -0.382 e. The first-order valence-corrected chi connectivity index (χ1v) is 7.14. The lowest BCUT2D eigenvalue weighted by molar-refractivity contribution is -0.140. The summed E-state index contributed by atoms with van der Waals surface area (Å²) in [5.74, 6) is -1.44. The highest BCUT2D eigenvalue weighted by Crippen LogP contribution is 2.34. The zero-order chi connectivity index (χ0) is 15.8. The number of hydrogen-bond donors (Lipinski definition) is 1. The number of aromatic nitrogens is 1. The second kappa shape index (κ2) is 6.02. The number of pyridine rings is 1. The van der Waals surface area contributed by atoms with Gasteiger partial charge in [0.15, 0.2) is 0 Å². The molecule has 0 spiro atoms. The zero-order valence-electron chi connectivity index (χ0n) is 10.1. The van der Waals surface area contributed by atoms with Crippen molar-refractivity contribution < 1.29 is 22.7 Å². The lowest BCUT2D eigenvalue weighted by Crippen LogP contribution is -2.10.